The molecule has 0 radical (unpaired) electrons. The Bertz CT molecular complexity index is 415. The smallest absolute Gasteiger partial charge is 0.251 e. The summed E-state index contributed by atoms with van der Waals surface area (Å²) in [4.78, 5) is 12.0. The Kier molecular flexibility index (Phi) is 5.44. The fourth-order valence-electron chi connectivity index (χ4n) is 2.83. The van der Waals surface area contributed by atoms with Crippen LogP contribution in [0.1, 0.15) is 48.5 Å². The first-order valence-corrected chi connectivity index (χ1v) is 8.24. The quantitative estimate of drug-likeness (QED) is 0.829. The van der Waals surface area contributed by atoms with Crippen molar-refractivity contribution < 1.29 is 4.79 Å². The van der Waals surface area contributed by atoms with E-state index in [1.54, 1.807) is 0 Å². The molecule has 2 unspecified atom stereocenters. The molecule has 2 rings (SSSR count). The molecule has 19 heavy (non-hydrogen) atoms. The Morgan fingerprint density at radius 1 is 1.32 bits per heavy atom. The van der Waals surface area contributed by atoms with Gasteiger partial charge in [0.05, 0.1) is 0 Å². The van der Waals surface area contributed by atoms with E-state index in [0.29, 0.717) is 5.92 Å². The van der Waals surface area contributed by atoms with E-state index in [9.17, 15) is 4.79 Å². The molecule has 1 saturated carbocycles. The average molecular weight is 324 g/mol. The highest BCUT2D eigenvalue weighted by Gasteiger charge is 2.19. The first kappa shape index (κ1) is 14.6. The van der Waals surface area contributed by atoms with Crippen molar-refractivity contribution in [1.29, 1.82) is 0 Å². The molecular formula is C16H22BrNO. The van der Waals surface area contributed by atoms with Crippen LogP contribution in [-0.4, -0.2) is 12.5 Å². The lowest BCUT2D eigenvalue weighted by molar-refractivity contribution is 0.0940. The molecule has 0 saturated heterocycles. The number of rotatable bonds is 4. The van der Waals surface area contributed by atoms with Gasteiger partial charge < -0.3 is 5.32 Å². The van der Waals surface area contributed by atoms with Gasteiger partial charge in [-0.25, -0.2) is 0 Å². The molecule has 104 valence electrons. The number of nitrogens with one attached hydrogen (secondary N) is 1. The molecule has 0 aliphatic heterocycles. The zero-order chi connectivity index (χ0) is 13.7. The van der Waals surface area contributed by atoms with Crippen LogP contribution in [0.3, 0.4) is 0 Å². The average Bonchev–Trinajstić information content (AvgIpc) is 2.45. The third-order valence-corrected chi connectivity index (χ3v) is 4.61. The normalized spacial score (nSPS) is 23.1. The molecule has 3 heteroatoms. The lowest BCUT2D eigenvalue weighted by atomic mass is 9.82. The summed E-state index contributed by atoms with van der Waals surface area (Å²) in [5, 5.41) is 3.90. The first-order chi connectivity index (χ1) is 9.19. The molecule has 1 aliphatic carbocycles. The van der Waals surface area contributed by atoms with Crippen molar-refractivity contribution in [3.05, 3.63) is 35.4 Å². The predicted octanol–water partition coefficient (Wildman–Crippen LogP) is 4.14. The maximum atomic E-state index is 12.0. The summed E-state index contributed by atoms with van der Waals surface area (Å²) in [7, 11) is 0. The van der Waals surface area contributed by atoms with Gasteiger partial charge in [-0.1, -0.05) is 47.8 Å². The second-order valence-corrected chi connectivity index (χ2v) is 6.24. The fourth-order valence-corrected chi connectivity index (χ4v) is 3.20. The van der Waals surface area contributed by atoms with E-state index in [0.717, 1.165) is 23.4 Å². The van der Waals surface area contributed by atoms with Crippen LogP contribution < -0.4 is 5.32 Å². The summed E-state index contributed by atoms with van der Waals surface area (Å²) < 4.78 is 0. The van der Waals surface area contributed by atoms with Gasteiger partial charge in [0.1, 0.15) is 0 Å². The minimum absolute atomic E-state index is 0.0550. The summed E-state index contributed by atoms with van der Waals surface area (Å²) in [6, 6.07) is 7.78. The molecule has 0 bridgehead atoms. The number of carbonyl (C=O) groups excluding carboxylic acids is 1. The van der Waals surface area contributed by atoms with Crippen LogP contribution in [-0.2, 0) is 5.33 Å². The van der Waals surface area contributed by atoms with Gasteiger partial charge in [-0.05, 0) is 42.4 Å². The van der Waals surface area contributed by atoms with Crippen LogP contribution in [0.25, 0.3) is 0 Å². The number of hydrogen-bond acceptors (Lipinski definition) is 1. The first-order valence-electron chi connectivity index (χ1n) is 7.12. The largest absolute Gasteiger partial charge is 0.352 e. The predicted molar refractivity (Wildman–Crippen MR) is 82.5 cm³/mol. The highest BCUT2D eigenvalue weighted by atomic mass is 79.9. The zero-order valence-electron chi connectivity index (χ0n) is 11.5. The number of amides is 1. The molecule has 0 heterocycles. The Morgan fingerprint density at radius 2 is 2.05 bits per heavy atom. The van der Waals surface area contributed by atoms with Crippen molar-refractivity contribution in [3.63, 3.8) is 0 Å². The van der Waals surface area contributed by atoms with Crippen molar-refractivity contribution in [2.45, 2.75) is 37.9 Å². The molecule has 0 spiro atoms. The van der Waals surface area contributed by atoms with E-state index in [2.05, 4.69) is 28.2 Å². The molecule has 1 fully saturated rings. The number of hydrogen-bond donors (Lipinski definition) is 1. The number of carbonyl (C=O) groups is 1. The van der Waals surface area contributed by atoms with Gasteiger partial charge in [-0.3, -0.25) is 4.79 Å². The van der Waals surface area contributed by atoms with Crippen LogP contribution in [0.2, 0.25) is 0 Å². The third-order valence-electron chi connectivity index (χ3n) is 3.97. The van der Waals surface area contributed by atoms with Crippen molar-refractivity contribution in [3.8, 4) is 0 Å². The van der Waals surface area contributed by atoms with Gasteiger partial charge in [0, 0.05) is 17.4 Å². The number of benzene rings is 1. The zero-order valence-corrected chi connectivity index (χ0v) is 13.1. The van der Waals surface area contributed by atoms with Gasteiger partial charge in [0.15, 0.2) is 0 Å². The number of alkyl halides is 1. The molecule has 1 amide bonds. The molecule has 1 aliphatic rings. The highest BCUT2D eigenvalue weighted by Crippen LogP contribution is 2.27. The van der Waals surface area contributed by atoms with Crippen molar-refractivity contribution in [1.82, 2.24) is 5.32 Å². The van der Waals surface area contributed by atoms with Crippen molar-refractivity contribution >= 4 is 21.8 Å². The van der Waals surface area contributed by atoms with Crippen LogP contribution >= 0.6 is 15.9 Å². The van der Waals surface area contributed by atoms with E-state index in [-0.39, 0.29) is 5.91 Å². The molecule has 2 atom stereocenters. The molecular weight excluding hydrogens is 302 g/mol. The van der Waals surface area contributed by atoms with Gasteiger partial charge >= 0.3 is 0 Å². The van der Waals surface area contributed by atoms with Crippen LogP contribution in [0.4, 0.5) is 0 Å². The second kappa shape index (κ2) is 7.09. The molecule has 1 aromatic rings. The monoisotopic (exact) mass is 323 g/mol. The van der Waals surface area contributed by atoms with Crippen molar-refractivity contribution in [2.75, 3.05) is 6.54 Å². The Balaban J connectivity index is 1.83. The Morgan fingerprint density at radius 3 is 2.68 bits per heavy atom. The van der Waals surface area contributed by atoms with Crippen LogP contribution in [0.15, 0.2) is 24.3 Å². The van der Waals surface area contributed by atoms with Crippen LogP contribution in [0, 0.1) is 11.8 Å². The maximum absolute atomic E-state index is 12.0. The Hall–Kier alpha value is -0.830. The maximum Gasteiger partial charge on any atom is 0.251 e. The highest BCUT2D eigenvalue weighted by molar-refractivity contribution is 9.08. The summed E-state index contributed by atoms with van der Waals surface area (Å²) in [6.07, 6.45) is 5.16. The minimum atomic E-state index is 0.0550. The Labute approximate surface area is 124 Å². The van der Waals surface area contributed by atoms with Gasteiger partial charge in [0.25, 0.3) is 5.91 Å². The second-order valence-electron chi connectivity index (χ2n) is 5.68. The topological polar surface area (TPSA) is 29.1 Å². The summed E-state index contributed by atoms with van der Waals surface area (Å²) in [5.74, 6) is 1.53. The van der Waals surface area contributed by atoms with E-state index in [1.165, 1.54) is 31.2 Å². The van der Waals surface area contributed by atoms with E-state index in [4.69, 9.17) is 0 Å². The summed E-state index contributed by atoms with van der Waals surface area (Å²) in [6.45, 7) is 3.14. The third kappa shape index (κ3) is 4.34. The van der Waals surface area contributed by atoms with E-state index < -0.39 is 0 Å². The van der Waals surface area contributed by atoms with Crippen molar-refractivity contribution in [2.24, 2.45) is 11.8 Å². The van der Waals surface area contributed by atoms with Gasteiger partial charge in [-0.2, -0.15) is 0 Å². The molecule has 1 N–H and O–H groups in total. The van der Waals surface area contributed by atoms with E-state index in [1.807, 2.05) is 24.3 Å². The van der Waals surface area contributed by atoms with Gasteiger partial charge in [-0.15, -0.1) is 0 Å². The molecule has 0 aromatic heterocycles. The lowest BCUT2D eigenvalue weighted by Gasteiger charge is -2.26. The standard InChI is InChI=1S/C16H22BrNO/c1-12-3-2-4-14(9-12)11-18-16(19)15-7-5-13(10-17)6-8-15/h5-8,12,14H,2-4,9-11H2,1H3,(H,18,19). The molecule has 2 nitrogen and oxygen atoms in total. The summed E-state index contributed by atoms with van der Waals surface area (Å²) >= 11 is 3.41. The van der Waals surface area contributed by atoms with Crippen LogP contribution in [0.5, 0.6) is 0 Å². The SMILES string of the molecule is CC1CCCC(CNC(=O)c2ccc(CBr)cc2)C1. The summed E-state index contributed by atoms with van der Waals surface area (Å²) in [5.41, 5.74) is 1.95. The number of halogens is 1. The molecule has 1 aromatic carbocycles. The van der Waals surface area contributed by atoms with E-state index >= 15 is 0 Å². The minimum Gasteiger partial charge on any atom is -0.352 e. The lowest BCUT2D eigenvalue weighted by Crippen LogP contribution is -2.31. The van der Waals surface area contributed by atoms with Gasteiger partial charge in [0.2, 0.25) is 0 Å². The fraction of sp³-hybridized carbons (Fsp3) is 0.562.